The Kier molecular flexibility index (Phi) is 20.6. The van der Waals surface area contributed by atoms with Gasteiger partial charge in [0.1, 0.15) is 36.2 Å². The van der Waals surface area contributed by atoms with E-state index in [1.807, 2.05) is 119 Å². The van der Waals surface area contributed by atoms with E-state index in [4.69, 9.17) is 24.7 Å². The molecular formula is C68H81N7O7. The van der Waals surface area contributed by atoms with Gasteiger partial charge < -0.3 is 39.7 Å². The SMILES string of the molecule is C[C@@H]1CCC[C@H](C)N1CCCCCN1C(=O)C(c2cc(C#N)ccc2OCc2ccccc2)Oc2ccccc21.C[C@@H]1CCC[C@H](C)N1CCCCCN1C(=O)C(c2cc(C(N)=NO)ccc2OCc2ccccc2)Oc2ccccc21. The van der Waals surface area contributed by atoms with Crippen LogP contribution in [0.2, 0.25) is 0 Å². The molecule has 2 amide bonds. The number of oxime groups is 1. The van der Waals surface area contributed by atoms with Crippen molar-refractivity contribution < 1.29 is 33.7 Å². The van der Waals surface area contributed by atoms with Crippen LogP contribution in [0.15, 0.2) is 151 Å². The molecule has 10 rings (SSSR count). The first kappa shape index (κ1) is 58.8. The maximum absolute atomic E-state index is 14.1. The Morgan fingerprint density at radius 2 is 0.976 bits per heavy atom. The fourth-order valence-corrected chi connectivity index (χ4v) is 12.1. The van der Waals surface area contributed by atoms with Crippen LogP contribution < -0.4 is 34.5 Å². The fraction of sp³-hybridized carbons (Fsp3) is 0.412. The number of fused-ring (bicyclic) bond motifs is 2. The molecular weight excluding hydrogens is 1030 g/mol. The lowest BCUT2D eigenvalue weighted by atomic mass is 9.97. The van der Waals surface area contributed by atoms with E-state index < -0.39 is 12.2 Å². The molecule has 4 aliphatic rings. The average Bonchev–Trinajstić information content (AvgIpc) is 3.55. The summed E-state index contributed by atoms with van der Waals surface area (Å²) in [6.07, 6.45) is 12.1. The lowest BCUT2D eigenvalue weighted by Crippen LogP contribution is -2.44. The number of rotatable bonds is 21. The predicted octanol–water partition coefficient (Wildman–Crippen LogP) is 13.3. The van der Waals surface area contributed by atoms with E-state index in [0.717, 1.165) is 74.1 Å². The van der Waals surface area contributed by atoms with Crippen molar-refractivity contribution in [3.05, 3.63) is 179 Å². The largest absolute Gasteiger partial charge is 0.488 e. The number of unbranched alkanes of at least 4 members (excludes halogenated alkanes) is 4. The van der Waals surface area contributed by atoms with Gasteiger partial charge in [0.05, 0.1) is 23.0 Å². The maximum Gasteiger partial charge on any atom is 0.273 e. The molecule has 2 saturated heterocycles. The second kappa shape index (κ2) is 28.7. The Morgan fingerprint density at radius 3 is 1.43 bits per heavy atom. The number of likely N-dealkylation sites (tertiary alicyclic amines) is 2. The number of piperidine rings is 2. The van der Waals surface area contributed by atoms with Crippen LogP contribution in [0, 0.1) is 11.3 Å². The van der Waals surface area contributed by atoms with Gasteiger partial charge in [0.25, 0.3) is 11.8 Å². The predicted molar refractivity (Wildman–Crippen MR) is 323 cm³/mol. The van der Waals surface area contributed by atoms with Crippen molar-refractivity contribution in [2.45, 2.75) is 154 Å². The second-order valence-electron chi connectivity index (χ2n) is 22.4. The highest BCUT2D eigenvalue weighted by Crippen LogP contribution is 2.43. The first-order chi connectivity index (χ1) is 40.0. The van der Waals surface area contributed by atoms with E-state index in [-0.39, 0.29) is 17.6 Å². The van der Waals surface area contributed by atoms with Gasteiger partial charge in [0, 0.05) is 53.9 Å². The molecule has 14 heteroatoms. The molecule has 0 bridgehead atoms. The molecule has 0 aromatic heterocycles. The van der Waals surface area contributed by atoms with Gasteiger partial charge in [-0.2, -0.15) is 5.26 Å². The quantitative estimate of drug-likeness (QED) is 0.0231. The van der Waals surface area contributed by atoms with Crippen LogP contribution in [-0.2, 0) is 22.8 Å². The number of carbonyl (C=O) groups is 2. The number of benzene rings is 6. The lowest BCUT2D eigenvalue weighted by molar-refractivity contribution is -0.127. The van der Waals surface area contributed by atoms with Gasteiger partial charge >= 0.3 is 0 Å². The van der Waals surface area contributed by atoms with Gasteiger partial charge in [0.15, 0.2) is 5.84 Å². The number of nitrogens with zero attached hydrogens (tertiary/aromatic N) is 6. The number of hydrogen-bond acceptors (Lipinski definition) is 11. The smallest absolute Gasteiger partial charge is 0.273 e. The number of hydrogen-bond donors (Lipinski definition) is 2. The van der Waals surface area contributed by atoms with Gasteiger partial charge in [0.2, 0.25) is 12.2 Å². The third kappa shape index (κ3) is 14.6. The highest BCUT2D eigenvalue weighted by atomic mass is 16.5. The van der Waals surface area contributed by atoms with Crippen molar-refractivity contribution in [1.82, 2.24) is 9.80 Å². The molecule has 0 spiro atoms. The Morgan fingerprint density at radius 1 is 0.561 bits per heavy atom. The van der Waals surface area contributed by atoms with E-state index >= 15 is 0 Å². The minimum atomic E-state index is -0.938. The summed E-state index contributed by atoms with van der Waals surface area (Å²) in [5, 5.41) is 22.1. The number of ether oxygens (including phenoxy) is 4. The number of nitrogens with two attached hydrogens (primary N) is 1. The average molecular weight is 1110 g/mol. The van der Waals surface area contributed by atoms with Crippen LogP contribution in [0.1, 0.15) is 150 Å². The van der Waals surface area contributed by atoms with Crippen molar-refractivity contribution in [1.29, 1.82) is 5.26 Å². The Labute approximate surface area is 485 Å². The lowest BCUT2D eigenvalue weighted by Gasteiger charge is -2.39. The van der Waals surface area contributed by atoms with Crippen molar-refractivity contribution in [3.63, 3.8) is 0 Å². The first-order valence-electron chi connectivity index (χ1n) is 29.7. The molecule has 6 aromatic rings. The number of amidine groups is 1. The molecule has 0 aliphatic carbocycles. The van der Waals surface area contributed by atoms with Crippen LogP contribution in [0.3, 0.4) is 0 Å². The summed E-state index contributed by atoms with van der Waals surface area (Å²) in [7, 11) is 0. The van der Waals surface area contributed by atoms with E-state index in [9.17, 15) is 20.1 Å². The topological polar surface area (TPSA) is 166 Å². The molecule has 6 aromatic carbocycles. The summed E-state index contributed by atoms with van der Waals surface area (Å²) in [6.45, 7) is 13.5. The van der Waals surface area contributed by atoms with Crippen molar-refractivity contribution in [2.24, 2.45) is 10.9 Å². The zero-order valence-corrected chi connectivity index (χ0v) is 48.2. The Balaban J connectivity index is 0.000000198. The van der Waals surface area contributed by atoms with Crippen LogP contribution in [0.4, 0.5) is 11.4 Å². The summed E-state index contributed by atoms with van der Waals surface area (Å²) in [4.78, 5) is 37.0. The van der Waals surface area contributed by atoms with E-state index in [0.29, 0.717) is 95.7 Å². The first-order valence-corrected chi connectivity index (χ1v) is 29.7. The second-order valence-corrected chi connectivity index (χ2v) is 22.4. The van der Waals surface area contributed by atoms with Crippen molar-refractivity contribution in [2.75, 3.05) is 36.0 Å². The van der Waals surface area contributed by atoms with Crippen LogP contribution in [0.5, 0.6) is 23.0 Å². The summed E-state index contributed by atoms with van der Waals surface area (Å²) < 4.78 is 25.0. The summed E-state index contributed by atoms with van der Waals surface area (Å²) >= 11 is 0. The normalized spacial score (nSPS) is 21.0. The molecule has 2 fully saturated rings. The van der Waals surface area contributed by atoms with E-state index in [1.54, 1.807) is 36.4 Å². The number of amides is 2. The fourth-order valence-electron chi connectivity index (χ4n) is 12.1. The van der Waals surface area contributed by atoms with Crippen LogP contribution in [-0.4, -0.2) is 83.0 Å². The van der Waals surface area contributed by atoms with E-state index in [2.05, 4.69) is 48.7 Å². The molecule has 4 aliphatic heterocycles. The molecule has 82 heavy (non-hydrogen) atoms. The Hall–Kier alpha value is -7.86. The molecule has 0 radical (unpaired) electrons. The standard InChI is InChI=1S/C34H42N4O4.C34H39N3O3/c1-24-12-11-13-25(2)37(24)20-9-4-10-21-38-29-16-7-8-17-31(29)42-32(34(38)39)28-22-27(33(35)36-40)18-19-30(28)41-23-26-14-5-3-6-15-26;1-25-12-11-13-26(2)36(25)20-9-4-10-21-37-30-16-7-8-17-32(30)40-33(34(37)38)29-22-28(23-35)18-19-31(29)39-24-27-14-5-3-6-15-27/h3,5-8,14-19,22,24-25,32,40H,4,9-13,20-21,23H2,1-2H3,(H2,35,36);3,5-8,14-19,22,25-26,33H,4,9-13,20-21,24H2,1-2H3/t24-,25+,32?;25-,26+,33?. The molecule has 4 heterocycles. The zero-order chi connectivity index (χ0) is 57.4. The van der Waals surface area contributed by atoms with Crippen LogP contribution >= 0.6 is 0 Å². The number of carbonyl (C=O) groups excluding carboxylic acids is 2. The number of para-hydroxylation sites is 4. The van der Waals surface area contributed by atoms with Crippen molar-refractivity contribution in [3.8, 4) is 29.1 Å². The third-order valence-electron chi connectivity index (χ3n) is 16.7. The molecule has 430 valence electrons. The highest BCUT2D eigenvalue weighted by molar-refractivity contribution is 6.02. The van der Waals surface area contributed by atoms with Gasteiger partial charge in [-0.1, -0.05) is 116 Å². The van der Waals surface area contributed by atoms with Gasteiger partial charge in [-0.15, -0.1) is 0 Å². The van der Waals surface area contributed by atoms with Gasteiger partial charge in [-0.3, -0.25) is 19.4 Å². The minimum Gasteiger partial charge on any atom is -0.488 e. The zero-order valence-electron chi connectivity index (χ0n) is 48.2. The van der Waals surface area contributed by atoms with Crippen LogP contribution in [0.25, 0.3) is 0 Å². The minimum absolute atomic E-state index is 0.0521. The van der Waals surface area contributed by atoms with Gasteiger partial charge in [-0.05, 0) is 164 Å². The third-order valence-corrected chi connectivity index (χ3v) is 16.7. The van der Waals surface area contributed by atoms with Crippen molar-refractivity contribution >= 4 is 29.0 Å². The maximum atomic E-state index is 14.1. The van der Waals surface area contributed by atoms with E-state index in [1.165, 1.54) is 38.5 Å². The Bertz CT molecular complexity index is 3110. The molecule has 2 unspecified atom stereocenters. The molecule has 14 nitrogen and oxygen atoms in total. The summed E-state index contributed by atoms with van der Waals surface area (Å²) in [5.74, 6) is 2.02. The molecule has 3 N–H and O–H groups in total. The molecule has 0 saturated carbocycles. The monoisotopic (exact) mass is 1110 g/mol. The summed E-state index contributed by atoms with van der Waals surface area (Å²) in [6, 6.07) is 50.2. The summed E-state index contributed by atoms with van der Waals surface area (Å²) in [5.41, 5.74) is 11.6. The highest BCUT2D eigenvalue weighted by Gasteiger charge is 2.39. The number of nitriles is 1. The number of anilines is 2. The molecule has 6 atom stereocenters. The van der Waals surface area contributed by atoms with Gasteiger partial charge in [-0.25, -0.2) is 0 Å².